The standard InChI is InChI=1S/C19H20Cl2N4S3/c1-19(2,3)17-24-15(11-8-10(20)9-13(14(11)21)25-27-5)16(28-17)12-6-7-22-18(23-12)26-4/h6-9,25H,1-5H3. The maximum absolute atomic E-state index is 6.73. The van der Waals surface area contributed by atoms with Gasteiger partial charge in [0.2, 0.25) is 0 Å². The van der Waals surface area contributed by atoms with Gasteiger partial charge in [-0.3, -0.25) is 0 Å². The summed E-state index contributed by atoms with van der Waals surface area (Å²) in [5.41, 5.74) is 3.07. The first-order valence-corrected chi connectivity index (χ1v) is 12.4. The van der Waals surface area contributed by atoms with E-state index in [4.69, 9.17) is 28.2 Å². The van der Waals surface area contributed by atoms with Crippen molar-refractivity contribution in [2.24, 2.45) is 0 Å². The van der Waals surface area contributed by atoms with E-state index in [0.29, 0.717) is 10.0 Å². The molecule has 28 heavy (non-hydrogen) atoms. The first-order valence-electron chi connectivity index (χ1n) is 8.41. The minimum Gasteiger partial charge on any atom is -0.329 e. The highest BCUT2D eigenvalue weighted by Crippen LogP contribution is 2.45. The molecule has 2 aromatic heterocycles. The number of benzene rings is 1. The topological polar surface area (TPSA) is 50.7 Å². The molecule has 1 aromatic carbocycles. The number of hydrogen-bond donors (Lipinski definition) is 1. The smallest absolute Gasteiger partial charge is 0.187 e. The van der Waals surface area contributed by atoms with E-state index in [0.717, 1.165) is 37.7 Å². The molecule has 3 rings (SSSR count). The Labute approximate surface area is 188 Å². The summed E-state index contributed by atoms with van der Waals surface area (Å²) < 4.78 is 3.19. The molecule has 2 heterocycles. The third kappa shape index (κ3) is 4.60. The summed E-state index contributed by atoms with van der Waals surface area (Å²) in [6, 6.07) is 5.58. The van der Waals surface area contributed by atoms with Crippen molar-refractivity contribution in [3.63, 3.8) is 0 Å². The first kappa shape index (κ1) is 21.7. The summed E-state index contributed by atoms with van der Waals surface area (Å²) in [6.45, 7) is 6.44. The average Bonchev–Trinajstić information content (AvgIpc) is 3.10. The lowest BCUT2D eigenvalue weighted by molar-refractivity contribution is 0.586. The molecule has 0 radical (unpaired) electrons. The lowest BCUT2D eigenvalue weighted by Gasteiger charge is -2.14. The van der Waals surface area contributed by atoms with Gasteiger partial charge in [0, 0.05) is 28.5 Å². The van der Waals surface area contributed by atoms with E-state index >= 15 is 0 Å². The number of aromatic nitrogens is 3. The number of nitrogens with one attached hydrogen (secondary N) is 1. The van der Waals surface area contributed by atoms with Crippen LogP contribution in [0, 0.1) is 0 Å². The van der Waals surface area contributed by atoms with E-state index in [2.05, 4.69) is 35.5 Å². The lowest BCUT2D eigenvalue weighted by atomic mass is 9.98. The molecule has 148 valence electrons. The van der Waals surface area contributed by atoms with Crippen molar-refractivity contribution in [3.8, 4) is 21.8 Å². The SMILES string of the molecule is CSNc1cc(Cl)cc(-c2nc(C(C)(C)C)sc2-c2ccnc(SC)n2)c1Cl. The number of rotatable bonds is 5. The summed E-state index contributed by atoms with van der Waals surface area (Å²) >= 11 is 17.7. The van der Waals surface area contributed by atoms with Gasteiger partial charge in [0.15, 0.2) is 5.16 Å². The number of hydrogen-bond acceptors (Lipinski definition) is 7. The molecule has 0 bridgehead atoms. The quantitative estimate of drug-likeness (QED) is 0.240. The highest BCUT2D eigenvalue weighted by molar-refractivity contribution is 7.99. The number of halogens is 2. The second-order valence-corrected chi connectivity index (χ2v) is 10.2. The molecule has 0 atom stereocenters. The summed E-state index contributed by atoms with van der Waals surface area (Å²) in [6.07, 6.45) is 5.67. The van der Waals surface area contributed by atoms with Crippen molar-refractivity contribution >= 4 is 63.9 Å². The Kier molecular flexibility index (Phi) is 6.82. The van der Waals surface area contributed by atoms with E-state index in [9.17, 15) is 0 Å². The zero-order valence-corrected chi connectivity index (χ0v) is 20.1. The molecule has 0 spiro atoms. The Hall–Kier alpha value is -0.990. The summed E-state index contributed by atoms with van der Waals surface area (Å²) in [5.74, 6) is 0. The molecule has 1 N–H and O–H groups in total. The van der Waals surface area contributed by atoms with Crippen LogP contribution in [0.3, 0.4) is 0 Å². The lowest BCUT2D eigenvalue weighted by Crippen LogP contribution is -2.10. The van der Waals surface area contributed by atoms with Gasteiger partial charge in [-0.1, -0.05) is 67.7 Å². The van der Waals surface area contributed by atoms with E-state index < -0.39 is 0 Å². The van der Waals surface area contributed by atoms with Crippen molar-refractivity contribution in [2.45, 2.75) is 31.3 Å². The van der Waals surface area contributed by atoms with E-state index in [1.54, 1.807) is 17.5 Å². The normalized spacial score (nSPS) is 11.7. The van der Waals surface area contributed by atoms with Crippen molar-refractivity contribution in [1.29, 1.82) is 0 Å². The van der Waals surface area contributed by atoms with E-state index in [1.807, 2.05) is 30.7 Å². The highest BCUT2D eigenvalue weighted by atomic mass is 35.5. The number of thioether (sulfide) groups is 1. The van der Waals surface area contributed by atoms with Gasteiger partial charge in [0.25, 0.3) is 0 Å². The zero-order chi connectivity index (χ0) is 20.5. The Morgan fingerprint density at radius 1 is 1.11 bits per heavy atom. The van der Waals surface area contributed by atoms with Gasteiger partial charge in [0.1, 0.15) is 0 Å². The summed E-state index contributed by atoms with van der Waals surface area (Å²) in [5, 5.41) is 2.91. The minimum atomic E-state index is -0.0988. The molecule has 0 aliphatic heterocycles. The zero-order valence-electron chi connectivity index (χ0n) is 16.1. The molecule has 3 aromatic rings. The summed E-state index contributed by atoms with van der Waals surface area (Å²) in [7, 11) is 0. The molecule has 0 amide bonds. The molecule has 0 aliphatic rings. The van der Waals surface area contributed by atoms with Crippen LogP contribution in [0.25, 0.3) is 21.8 Å². The fourth-order valence-corrected chi connectivity index (χ4v) is 4.87. The highest BCUT2D eigenvalue weighted by Gasteiger charge is 2.26. The molecular weight excluding hydrogens is 451 g/mol. The van der Waals surface area contributed by atoms with Crippen molar-refractivity contribution in [1.82, 2.24) is 15.0 Å². The van der Waals surface area contributed by atoms with Crippen LogP contribution in [-0.4, -0.2) is 27.5 Å². The average molecular weight is 472 g/mol. The first-order chi connectivity index (χ1) is 13.2. The van der Waals surface area contributed by atoms with Gasteiger partial charge in [0.05, 0.1) is 32.0 Å². The van der Waals surface area contributed by atoms with Gasteiger partial charge >= 0.3 is 0 Å². The van der Waals surface area contributed by atoms with E-state index in [1.165, 1.54) is 23.7 Å². The fraction of sp³-hybridized carbons (Fsp3) is 0.316. The number of thiazole rings is 1. The van der Waals surface area contributed by atoms with Gasteiger partial charge in [-0.25, -0.2) is 15.0 Å². The van der Waals surface area contributed by atoms with Crippen LogP contribution < -0.4 is 4.72 Å². The Morgan fingerprint density at radius 2 is 1.86 bits per heavy atom. The monoisotopic (exact) mass is 470 g/mol. The van der Waals surface area contributed by atoms with Crippen LogP contribution in [0.5, 0.6) is 0 Å². The Balaban J connectivity index is 2.27. The predicted molar refractivity (Wildman–Crippen MR) is 126 cm³/mol. The van der Waals surface area contributed by atoms with Gasteiger partial charge in [-0.15, -0.1) is 11.3 Å². The second kappa shape index (κ2) is 8.79. The largest absolute Gasteiger partial charge is 0.329 e. The van der Waals surface area contributed by atoms with Gasteiger partial charge < -0.3 is 4.72 Å². The molecule has 0 saturated carbocycles. The number of nitrogens with zero attached hydrogens (tertiary/aromatic N) is 3. The minimum absolute atomic E-state index is 0.0988. The molecule has 0 fully saturated rings. The molecule has 4 nitrogen and oxygen atoms in total. The second-order valence-electron chi connectivity index (χ2n) is 7.00. The molecule has 0 aliphatic carbocycles. The molecule has 9 heteroatoms. The molecule has 0 unspecified atom stereocenters. The van der Waals surface area contributed by atoms with Crippen LogP contribution in [0.15, 0.2) is 29.6 Å². The van der Waals surface area contributed by atoms with Crippen LogP contribution in [0.1, 0.15) is 25.8 Å². The Morgan fingerprint density at radius 3 is 2.50 bits per heavy atom. The summed E-state index contributed by atoms with van der Waals surface area (Å²) in [4.78, 5) is 14.9. The third-order valence-electron chi connectivity index (χ3n) is 3.82. The van der Waals surface area contributed by atoms with Gasteiger partial charge in [-0.2, -0.15) is 0 Å². The van der Waals surface area contributed by atoms with Crippen LogP contribution >= 0.6 is 58.2 Å². The van der Waals surface area contributed by atoms with E-state index in [-0.39, 0.29) is 5.41 Å². The van der Waals surface area contributed by atoms with Crippen molar-refractivity contribution < 1.29 is 0 Å². The maximum Gasteiger partial charge on any atom is 0.187 e. The van der Waals surface area contributed by atoms with Crippen molar-refractivity contribution in [3.05, 3.63) is 39.4 Å². The molecule has 0 saturated heterocycles. The molecular formula is C19H20Cl2N4S3. The Bertz CT molecular complexity index is 999. The van der Waals surface area contributed by atoms with Crippen LogP contribution in [-0.2, 0) is 5.41 Å². The van der Waals surface area contributed by atoms with Gasteiger partial charge in [-0.05, 0) is 24.5 Å². The van der Waals surface area contributed by atoms with Crippen LogP contribution in [0.4, 0.5) is 5.69 Å². The van der Waals surface area contributed by atoms with Crippen LogP contribution in [0.2, 0.25) is 10.0 Å². The third-order valence-corrected chi connectivity index (χ3v) is 6.94. The fourth-order valence-electron chi connectivity index (χ4n) is 2.51. The maximum atomic E-state index is 6.73. The predicted octanol–water partition coefficient (Wildman–Crippen LogP) is 7.28. The number of anilines is 1. The van der Waals surface area contributed by atoms with Crippen molar-refractivity contribution in [2.75, 3.05) is 17.2 Å².